The van der Waals surface area contributed by atoms with Crippen LogP contribution in [-0.4, -0.2) is 23.8 Å². The monoisotopic (exact) mass is 202 g/mol. The fourth-order valence-electron chi connectivity index (χ4n) is 0.938. The van der Waals surface area contributed by atoms with Gasteiger partial charge in [-0.05, 0) is 41.0 Å². The summed E-state index contributed by atoms with van der Waals surface area (Å²) in [7, 11) is 0. The molecule has 0 aliphatic heterocycles. The molecular weight excluding hydrogens is 180 g/mol. The maximum absolute atomic E-state index is 11.4. The first kappa shape index (κ1) is 13.4. The summed E-state index contributed by atoms with van der Waals surface area (Å²) < 4.78 is 10.6. The van der Waals surface area contributed by atoms with E-state index in [1.54, 1.807) is 6.92 Å². The normalized spacial score (nSPS) is 14.2. The number of ether oxygens (including phenoxy) is 2. The molecule has 0 saturated heterocycles. The molecule has 0 spiro atoms. The summed E-state index contributed by atoms with van der Waals surface area (Å²) in [5.41, 5.74) is -0.268. The van der Waals surface area contributed by atoms with Gasteiger partial charge in [0.25, 0.3) is 0 Å². The summed E-state index contributed by atoms with van der Waals surface area (Å²) in [6.07, 6.45) is 0.289. The van der Waals surface area contributed by atoms with Crippen LogP contribution in [0.4, 0.5) is 0 Å². The lowest BCUT2D eigenvalue weighted by molar-refractivity contribution is -0.169. The number of carbonyl (C=O) groups is 1. The van der Waals surface area contributed by atoms with Crippen LogP contribution in [0.15, 0.2) is 0 Å². The third-order valence-electron chi connectivity index (χ3n) is 2.03. The molecule has 0 aromatic carbocycles. The summed E-state index contributed by atoms with van der Waals surface area (Å²) in [5.74, 6) is -0.290. The minimum absolute atomic E-state index is 0.0849. The van der Waals surface area contributed by atoms with E-state index < -0.39 is 6.10 Å². The van der Waals surface area contributed by atoms with E-state index in [9.17, 15) is 4.79 Å². The SMILES string of the molecule is CCC(C)(C)OC(C)C(=O)OC(C)C. The molecule has 0 N–H and O–H groups in total. The minimum atomic E-state index is -0.493. The molecule has 0 aliphatic rings. The van der Waals surface area contributed by atoms with Crippen LogP contribution in [0.3, 0.4) is 0 Å². The van der Waals surface area contributed by atoms with Gasteiger partial charge in [-0.2, -0.15) is 0 Å². The van der Waals surface area contributed by atoms with Gasteiger partial charge >= 0.3 is 5.97 Å². The summed E-state index contributed by atoms with van der Waals surface area (Å²) in [6, 6.07) is 0. The van der Waals surface area contributed by atoms with Gasteiger partial charge in [0.15, 0.2) is 6.10 Å². The number of carbonyl (C=O) groups excluding carboxylic acids is 1. The Labute approximate surface area is 86.8 Å². The lowest BCUT2D eigenvalue weighted by atomic mass is 10.1. The molecule has 0 heterocycles. The van der Waals surface area contributed by atoms with Crippen LogP contribution < -0.4 is 0 Å². The molecule has 0 aromatic heterocycles. The molecule has 3 heteroatoms. The second-order valence-corrected chi connectivity index (χ2v) is 4.36. The summed E-state index contributed by atoms with van der Waals surface area (Å²) in [4.78, 5) is 11.4. The molecule has 14 heavy (non-hydrogen) atoms. The maximum atomic E-state index is 11.4. The molecule has 0 rings (SSSR count). The largest absolute Gasteiger partial charge is 0.461 e. The highest BCUT2D eigenvalue weighted by Gasteiger charge is 2.24. The van der Waals surface area contributed by atoms with Gasteiger partial charge in [0, 0.05) is 0 Å². The minimum Gasteiger partial charge on any atom is -0.461 e. The number of esters is 1. The van der Waals surface area contributed by atoms with Crippen LogP contribution in [0, 0.1) is 0 Å². The lowest BCUT2D eigenvalue weighted by Gasteiger charge is -2.27. The number of hydrogen-bond acceptors (Lipinski definition) is 3. The molecule has 0 aliphatic carbocycles. The first-order valence-electron chi connectivity index (χ1n) is 5.17. The van der Waals surface area contributed by atoms with Crippen molar-refractivity contribution in [2.45, 2.75) is 65.8 Å². The Morgan fingerprint density at radius 1 is 1.29 bits per heavy atom. The standard InChI is InChI=1S/C11H22O3/c1-7-11(5,6)14-9(4)10(12)13-8(2)3/h8-9H,7H2,1-6H3. The average Bonchev–Trinajstić information content (AvgIpc) is 2.02. The van der Waals surface area contributed by atoms with Gasteiger partial charge in [-0.15, -0.1) is 0 Å². The molecule has 0 aromatic rings. The molecular formula is C11H22O3. The average molecular weight is 202 g/mol. The van der Waals surface area contributed by atoms with Gasteiger partial charge in [0.05, 0.1) is 11.7 Å². The van der Waals surface area contributed by atoms with Gasteiger partial charge in [-0.3, -0.25) is 0 Å². The van der Waals surface area contributed by atoms with Crippen molar-refractivity contribution in [1.82, 2.24) is 0 Å². The van der Waals surface area contributed by atoms with E-state index in [2.05, 4.69) is 0 Å². The van der Waals surface area contributed by atoms with Crippen LogP contribution in [0.1, 0.15) is 48.0 Å². The van der Waals surface area contributed by atoms with Crippen LogP contribution >= 0.6 is 0 Å². The quantitative estimate of drug-likeness (QED) is 0.643. The zero-order valence-electron chi connectivity index (χ0n) is 10.1. The molecule has 0 fully saturated rings. The second kappa shape index (κ2) is 5.35. The maximum Gasteiger partial charge on any atom is 0.335 e. The topological polar surface area (TPSA) is 35.5 Å². The Morgan fingerprint density at radius 3 is 2.14 bits per heavy atom. The predicted molar refractivity (Wildman–Crippen MR) is 56.1 cm³/mol. The zero-order chi connectivity index (χ0) is 11.4. The van der Waals surface area contributed by atoms with Crippen molar-refractivity contribution >= 4 is 5.97 Å². The van der Waals surface area contributed by atoms with Crippen molar-refractivity contribution in [3.05, 3.63) is 0 Å². The van der Waals surface area contributed by atoms with Crippen LogP contribution in [0.5, 0.6) is 0 Å². The van der Waals surface area contributed by atoms with Crippen molar-refractivity contribution in [1.29, 1.82) is 0 Å². The van der Waals surface area contributed by atoms with Gasteiger partial charge in [0.2, 0.25) is 0 Å². The van der Waals surface area contributed by atoms with Crippen molar-refractivity contribution in [3.63, 3.8) is 0 Å². The zero-order valence-corrected chi connectivity index (χ0v) is 10.1. The van der Waals surface area contributed by atoms with Crippen molar-refractivity contribution in [2.75, 3.05) is 0 Å². The van der Waals surface area contributed by atoms with Crippen LogP contribution in [0.2, 0.25) is 0 Å². The van der Waals surface area contributed by atoms with Gasteiger partial charge in [-0.25, -0.2) is 4.79 Å². The molecule has 1 unspecified atom stereocenters. The van der Waals surface area contributed by atoms with E-state index in [1.807, 2.05) is 34.6 Å². The van der Waals surface area contributed by atoms with Crippen LogP contribution in [0.25, 0.3) is 0 Å². The van der Waals surface area contributed by atoms with Gasteiger partial charge in [0.1, 0.15) is 0 Å². The van der Waals surface area contributed by atoms with E-state index >= 15 is 0 Å². The van der Waals surface area contributed by atoms with Crippen LogP contribution in [-0.2, 0) is 14.3 Å². The third kappa shape index (κ3) is 5.22. The number of hydrogen-bond donors (Lipinski definition) is 0. The first-order valence-corrected chi connectivity index (χ1v) is 5.17. The highest BCUT2D eigenvalue weighted by atomic mass is 16.6. The second-order valence-electron chi connectivity index (χ2n) is 4.36. The van der Waals surface area contributed by atoms with E-state index in [0.717, 1.165) is 6.42 Å². The van der Waals surface area contributed by atoms with E-state index in [4.69, 9.17) is 9.47 Å². The molecule has 0 bridgehead atoms. The smallest absolute Gasteiger partial charge is 0.335 e. The summed E-state index contributed by atoms with van der Waals surface area (Å²) in [5, 5.41) is 0. The highest BCUT2D eigenvalue weighted by molar-refractivity contribution is 5.74. The van der Waals surface area contributed by atoms with Crippen molar-refractivity contribution < 1.29 is 14.3 Å². The molecule has 84 valence electrons. The lowest BCUT2D eigenvalue weighted by Crippen LogP contribution is -2.35. The van der Waals surface area contributed by atoms with E-state index in [1.165, 1.54) is 0 Å². The fourth-order valence-corrected chi connectivity index (χ4v) is 0.938. The summed E-state index contributed by atoms with van der Waals surface area (Å²) in [6.45, 7) is 11.3. The molecule has 1 atom stereocenters. The predicted octanol–water partition coefficient (Wildman–Crippen LogP) is 2.53. The Kier molecular flexibility index (Phi) is 5.13. The molecule has 0 amide bonds. The molecule has 0 radical (unpaired) electrons. The van der Waals surface area contributed by atoms with Gasteiger partial charge < -0.3 is 9.47 Å². The Morgan fingerprint density at radius 2 is 1.79 bits per heavy atom. The Bertz CT molecular complexity index is 185. The van der Waals surface area contributed by atoms with E-state index in [-0.39, 0.29) is 17.7 Å². The number of rotatable bonds is 5. The van der Waals surface area contributed by atoms with Crippen molar-refractivity contribution in [3.8, 4) is 0 Å². The van der Waals surface area contributed by atoms with Gasteiger partial charge in [-0.1, -0.05) is 6.92 Å². The summed E-state index contributed by atoms with van der Waals surface area (Å²) >= 11 is 0. The van der Waals surface area contributed by atoms with Crippen molar-refractivity contribution in [2.24, 2.45) is 0 Å². The third-order valence-corrected chi connectivity index (χ3v) is 2.03. The Hall–Kier alpha value is -0.570. The first-order chi connectivity index (χ1) is 6.28. The molecule has 0 saturated carbocycles. The molecule has 3 nitrogen and oxygen atoms in total. The van der Waals surface area contributed by atoms with E-state index in [0.29, 0.717) is 0 Å². The Balaban J connectivity index is 4.07. The highest BCUT2D eigenvalue weighted by Crippen LogP contribution is 2.16. The fraction of sp³-hybridized carbons (Fsp3) is 0.909.